The van der Waals surface area contributed by atoms with E-state index < -0.39 is 17.1 Å². The molecule has 1 heterocycles. The van der Waals surface area contributed by atoms with E-state index in [1.807, 2.05) is 13.8 Å². The summed E-state index contributed by atoms with van der Waals surface area (Å²) in [6, 6.07) is 0. The maximum atomic E-state index is 12.4. The van der Waals surface area contributed by atoms with Crippen LogP contribution >= 0.6 is 0 Å². The van der Waals surface area contributed by atoms with Crippen LogP contribution in [0.1, 0.15) is 27.7 Å². The quantitative estimate of drug-likeness (QED) is 0.664. The Morgan fingerprint density at radius 1 is 1.17 bits per heavy atom. The first-order valence-electron chi connectivity index (χ1n) is 6.00. The molecule has 1 aliphatic heterocycles. The van der Waals surface area contributed by atoms with Crippen molar-refractivity contribution < 1.29 is 15.1 Å². The van der Waals surface area contributed by atoms with Crippen LogP contribution in [-0.4, -0.2) is 27.6 Å². The Hall–Kier alpha value is -1.39. The highest BCUT2D eigenvalue weighted by molar-refractivity contribution is 6.08. The Bertz CT molecular complexity index is 461. The van der Waals surface area contributed by atoms with Gasteiger partial charge in [0.2, 0.25) is 0 Å². The smallest absolute Gasteiger partial charge is 0.187 e. The average Bonchev–Trinajstić information content (AvgIpc) is 2.40. The molecule has 18 heavy (non-hydrogen) atoms. The lowest BCUT2D eigenvalue weighted by atomic mass is 9.73. The summed E-state index contributed by atoms with van der Waals surface area (Å²) in [5.41, 5.74) is -0.912. The Morgan fingerprint density at radius 3 is 2.17 bits per heavy atom. The number of hydrogen-bond acceptors (Lipinski definition) is 3. The van der Waals surface area contributed by atoms with E-state index in [9.17, 15) is 15.1 Å². The fourth-order valence-electron chi connectivity index (χ4n) is 2.29. The number of ketones is 1. The Labute approximate surface area is 107 Å². The van der Waals surface area contributed by atoms with Crippen molar-refractivity contribution in [2.45, 2.75) is 39.3 Å². The summed E-state index contributed by atoms with van der Waals surface area (Å²) >= 11 is 0. The number of carbonyl (C=O) groups excluding carboxylic acids is 1. The Morgan fingerprint density at radius 2 is 1.72 bits per heavy atom. The van der Waals surface area contributed by atoms with E-state index in [1.165, 1.54) is 6.08 Å². The third-order valence-corrected chi connectivity index (χ3v) is 4.41. The monoisotopic (exact) mass is 248 g/mol. The Balaban J connectivity index is 2.61. The maximum absolute atomic E-state index is 12.4. The molecule has 1 fully saturated rings. The molecule has 1 unspecified atom stereocenters. The molecule has 0 amide bonds. The minimum absolute atomic E-state index is 0.176. The molecule has 1 N–H and O–H groups in total. The molecule has 1 radical (unpaired) electrons. The van der Waals surface area contributed by atoms with Crippen LogP contribution in [0.25, 0.3) is 0 Å². The lowest BCUT2D eigenvalue weighted by Crippen LogP contribution is -2.45. The number of aliphatic hydroxyl groups excluding tert-OH is 1. The summed E-state index contributed by atoms with van der Waals surface area (Å²) in [4.78, 5) is 11.8. The molecule has 0 saturated carbocycles. The molecule has 1 saturated heterocycles. The molecule has 2 rings (SSSR count). The summed E-state index contributed by atoms with van der Waals surface area (Å²) in [6.07, 6.45) is 5.37. The van der Waals surface area contributed by atoms with Crippen LogP contribution in [0, 0.1) is 5.41 Å². The zero-order valence-corrected chi connectivity index (χ0v) is 11.1. The highest BCUT2D eigenvalue weighted by Crippen LogP contribution is 2.50. The molecule has 1 aliphatic carbocycles. The third kappa shape index (κ3) is 1.49. The van der Waals surface area contributed by atoms with Crippen molar-refractivity contribution in [3.05, 3.63) is 35.6 Å². The molecule has 0 aromatic rings. The number of hydroxylamine groups is 2. The van der Waals surface area contributed by atoms with Crippen molar-refractivity contribution in [3.63, 3.8) is 0 Å². The minimum Gasteiger partial charge on any atom is -0.386 e. The van der Waals surface area contributed by atoms with Crippen molar-refractivity contribution in [1.29, 1.82) is 0 Å². The Kier molecular flexibility index (Phi) is 2.76. The van der Waals surface area contributed by atoms with E-state index in [4.69, 9.17) is 0 Å². The second-order valence-electron chi connectivity index (χ2n) is 5.86. The number of carbonyl (C=O) groups is 1. The topological polar surface area (TPSA) is 60.4 Å². The molecule has 0 bridgehead atoms. The van der Waals surface area contributed by atoms with Gasteiger partial charge in [-0.15, -0.1) is 0 Å². The maximum Gasteiger partial charge on any atom is 0.187 e. The number of nitrogens with zero attached hydrogens (tertiary/aromatic N) is 1. The van der Waals surface area contributed by atoms with E-state index in [0.29, 0.717) is 5.57 Å². The predicted octanol–water partition coefficient (Wildman–Crippen LogP) is 1.76. The molecule has 4 nitrogen and oxygen atoms in total. The van der Waals surface area contributed by atoms with Crippen molar-refractivity contribution >= 4 is 5.78 Å². The van der Waals surface area contributed by atoms with Crippen LogP contribution in [0.15, 0.2) is 35.6 Å². The SMILES string of the molecule is CC1(C)C(O)C(=C2C=CC=CC2=O)N([O])C1(C)C. The van der Waals surface area contributed by atoms with Gasteiger partial charge in [0.05, 0.1) is 11.2 Å². The van der Waals surface area contributed by atoms with Crippen LogP contribution in [0.2, 0.25) is 0 Å². The second kappa shape index (κ2) is 3.80. The molecular weight excluding hydrogens is 230 g/mol. The summed E-state index contributed by atoms with van der Waals surface area (Å²) in [7, 11) is 0. The van der Waals surface area contributed by atoms with Crippen LogP contribution < -0.4 is 0 Å². The van der Waals surface area contributed by atoms with E-state index >= 15 is 0 Å². The highest BCUT2D eigenvalue weighted by atomic mass is 16.5. The van der Waals surface area contributed by atoms with E-state index in [1.54, 1.807) is 32.1 Å². The third-order valence-electron chi connectivity index (χ3n) is 4.41. The van der Waals surface area contributed by atoms with Gasteiger partial charge in [-0.3, -0.25) is 4.79 Å². The van der Waals surface area contributed by atoms with Gasteiger partial charge < -0.3 is 5.11 Å². The highest BCUT2D eigenvalue weighted by Gasteiger charge is 2.57. The number of aliphatic hydroxyl groups is 1. The number of allylic oxidation sites excluding steroid dienone is 5. The fraction of sp³-hybridized carbons (Fsp3) is 0.500. The van der Waals surface area contributed by atoms with Gasteiger partial charge in [-0.2, -0.15) is 0 Å². The van der Waals surface area contributed by atoms with Crippen molar-refractivity contribution in [2.75, 3.05) is 0 Å². The second-order valence-corrected chi connectivity index (χ2v) is 5.86. The normalized spacial score (nSPS) is 33.3. The van der Waals surface area contributed by atoms with Crippen molar-refractivity contribution in [1.82, 2.24) is 5.06 Å². The van der Waals surface area contributed by atoms with Gasteiger partial charge in [0.25, 0.3) is 0 Å². The molecule has 0 aromatic heterocycles. The first kappa shape index (κ1) is 13.1. The molecule has 4 heteroatoms. The molecule has 0 aromatic carbocycles. The predicted molar refractivity (Wildman–Crippen MR) is 66.7 cm³/mol. The molecular formula is C14H18NO3. The van der Waals surface area contributed by atoms with Gasteiger partial charge in [0.15, 0.2) is 5.78 Å². The van der Waals surface area contributed by atoms with Crippen LogP contribution in [0.3, 0.4) is 0 Å². The summed E-state index contributed by atoms with van der Waals surface area (Å²) in [5.74, 6) is -0.235. The van der Waals surface area contributed by atoms with Crippen molar-refractivity contribution in [2.24, 2.45) is 5.41 Å². The molecule has 1 atom stereocenters. The van der Waals surface area contributed by atoms with Gasteiger partial charge in [0, 0.05) is 11.0 Å². The number of hydrogen-bond donors (Lipinski definition) is 1. The summed E-state index contributed by atoms with van der Waals surface area (Å²) in [6.45, 7) is 7.24. The minimum atomic E-state index is -0.944. The van der Waals surface area contributed by atoms with Crippen LogP contribution in [0.4, 0.5) is 0 Å². The van der Waals surface area contributed by atoms with Gasteiger partial charge in [-0.05, 0) is 26.0 Å². The zero-order valence-electron chi connectivity index (χ0n) is 11.1. The lowest BCUT2D eigenvalue weighted by molar-refractivity contribution is -0.190. The number of rotatable bonds is 0. The van der Waals surface area contributed by atoms with Crippen LogP contribution in [-0.2, 0) is 10.0 Å². The lowest BCUT2D eigenvalue weighted by Gasteiger charge is -2.36. The van der Waals surface area contributed by atoms with Crippen LogP contribution in [0.5, 0.6) is 0 Å². The molecule has 97 valence electrons. The largest absolute Gasteiger partial charge is 0.386 e. The van der Waals surface area contributed by atoms with Gasteiger partial charge in [-0.1, -0.05) is 31.2 Å². The van der Waals surface area contributed by atoms with Crippen molar-refractivity contribution in [3.8, 4) is 0 Å². The average molecular weight is 248 g/mol. The molecule has 0 spiro atoms. The van der Waals surface area contributed by atoms with E-state index in [0.717, 1.165) is 5.06 Å². The summed E-state index contributed by atoms with van der Waals surface area (Å²) in [5, 5.41) is 23.6. The first-order valence-corrected chi connectivity index (χ1v) is 6.00. The molecule has 2 aliphatic rings. The van der Waals surface area contributed by atoms with E-state index in [-0.39, 0.29) is 11.5 Å². The van der Waals surface area contributed by atoms with E-state index in [2.05, 4.69) is 0 Å². The standard InChI is InChI=1S/C14H18NO3/c1-13(2)12(17)11(15(18)14(13,3)4)9-7-5-6-8-10(9)16/h5-8,12,17H,1-4H3. The fourth-order valence-corrected chi connectivity index (χ4v) is 2.29. The first-order chi connectivity index (χ1) is 8.21. The van der Waals surface area contributed by atoms with Gasteiger partial charge >= 0.3 is 0 Å². The zero-order chi connectivity index (χ0) is 13.7. The van der Waals surface area contributed by atoms with Gasteiger partial charge in [-0.25, -0.2) is 5.06 Å². The summed E-state index contributed by atoms with van der Waals surface area (Å²) < 4.78 is 0. The van der Waals surface area contributed by atoms with Gasteiger partial charge in [0.1, 0.15) is 6.10 Å².